The molecule has 0 N–H and O–H groups in total. The molecule has 3 rings (SSSR count). The van der Waals surface area contributed by atoms with Crippen LogP contribution >= 0.6 is 15.9 Å². The Morgan fingerprint density at radius 1 is 1.04 bits per heavy atom. The molecular weight excluding hydrogens is 434 g/mol. The van der Waals surface area contributed by atoms with Crippen LogP contribution in [0.5, 0.6) is 5.75 Å². The Kier molecular flexibility index (Phi) is 6.00. The van der Waals surface area contributed by atoms with Crippen molar-refractivity contribution in [3.63, 3.8) is 0 Å². The van der Waals surface area contributed by atoms with Gasteiger partial charge in [0.15, 0.2) is 0 Å². The molecule has 2 atom stereocenters. The standard InChI is InChI=1S/C19H20BrNO5S/c1-13-11-21(12-14(2)25-13)27(23,24)18-9-3-15(4-10-18)19(22)26-17-7-5-16(20)6-8-17/h3-10,13-14H,11-12H2,1-2H3/t13-,14+. The number of esters is 1. The smallest absolute Gasteiger partial charge is 0.343 e. The lowest BCUT2D eigenvalue weighted by molar-refractivity contribution is -0.0440. The van der Waals surface area contributed by atoms with Gasteiger partial charge < -0.3 is 9.47 Å². The van der Waals surface area contributed by atoms with Gasteiger partial charge in [0, 0.05) is 17.6 Å². The van der Waals surface area contributed by atoms with Gasteiger partial charge in [-0.15, -0.1) is 0 Å². The first-order valence-electron chi connectivity index (χ1n) is 8.49. The average molecular weight is 454 g/mol. The number of morpholine rings is 1. The van der Waals surface area contributed by atoms with Crippen LogP contribution < -0.4 is 4.74 Å². The molecule has 1 fully saturated rings. The summed E-state index contributed by atoms with van der Waals surface area (Å²) in [4.78, 5) is 12.4. The van der Waals surface area contributed by atoms with Crippen LogP contribution in [-0.2, 0) is 14.8 Å². The first kappa shape index (κ1) is 20.0. The van der Waals surface area contributed by atoms with Crippen LogP contribution in [0.15, 0.2) is 57.9 Å². The van der Waals surface area contributed by atoms with Crippen molar-refractivity contribution in [3.05, 3.63) is 58.6 Å². The molecule has 1 aliphatic rings. The number of rotatable bonds is 4. The van der Waals surface area contributed by atoms with Gasteiger partial charge in [0.25, 0.3) is 0 Å². The van der Waals surface area contributed by atoms with Crippen molar-refractivity contribution in [1.82, 2.24) is 4.31 Å². The van der Waals surface area contributed by atoms with Gasteiger partial charge in [-0.3, -0.25) is 0 Å². The Bertz CT molecular complexity index is 902. The molecule has 8 heteroatoms. The number of carbonyl (C=O) groups excluding carboxylic acids is 1. The van der Waals surface area contributed by atoms with Crippen LogP contribution in [0.4, 0.5) is 0 Å². The fraction of sp³-hybridized carbons (Fsp3) is 0.316. The molecule has 2 aromatic carbocycles. The lowest BCUT2D eigenvalue weighted by atomic mass is 10.2. The van der Waals surface area contributed by atoms with Gasteiger partial charge in [-0.05, 0) is 62.4 Å². The van der Waals surface area contributed by atoms with Gasteiger partial charge in [-0.2, -0.15) is 4.31 Å². The van der Waals surface area contributed by atoms with Gasteiger partial charge in [0.05, 0.1) is 22.7 Å². The molecule has 1 heterocycles. The summed E-state index contributed by atoms with van der Waals surface area (Å²) >= 11 is 3.31. The third-order valence-electron chi connectivity index (χ3n) is 4.14. The molecule has 6 nitrogen and oxygen atoms in total. The van der Waals surface area contributed by atoms with E-state index in [0.29, 0.717) is 18.8 Å². The minimum Gasteiger partial charge on any atom is -0.423 e. The fourth-order valence-corrected chi connectivity index (χ4v) is 4.76. The molecule has 0 aromatic heterocycles. The van der Waals surface area contributed by atoms with E-state index in [2.05, 4.69) is 15.9 Å². The van der Waals surface area contributed by atoms with Gasteiger partial charge in [-0.25, -0.2) is 13.2 Å². The quantitative estimate of drug-likeness (QED) is 0.523. The second-order valence-corrected chi connectivity index (χ2v) is 9.30. The third-order valence-corrected chi connectivity index (χ3v) is 6.51. The number of benzene rings is 2. The van der Waals surface area contributed by atoms with E-state index in [1.807, 2.05) is 13.8 Å². The maximum absolute atomic E-state index is 12.8. The number of ether oxygens (including phenoxy) is 2. The summed E-state index contributed by atoms with van der Waals surface area (Å²) in [7, 11) is -3.64. The second kappa shape index (κ2) is 8.10. The zero-order chi connectivity index (χ0) is 19.6. The SMILES string of the molecule is C[C@@H]1CN(S(=O)(=O)c2ccc(C(=O)Oc3ccc(Br)cc3)cc2)C[C@H](C)O1. The zero-order valence-electron chi connectivity index (χ0n) is 15.0. The molecule has 0 radical (unpaired) electrons. The molecule has 27 heavy (non-hydrogen) atoms. The van der Waals surface area contributed by atoms with Crippen molar-refractivity contribution < 1.29 is 22.7 Å². The Labute approximate surface area is 167 Å². The van der Waals surface area contributed by atoms with Gasteiger partial charge in [-0.1, -0.05) is 15.9 Å². The second-order valence-electron chi connectivity index (χ2n) is 6.45. The minimum atomic E-state index is -3.64. The highest BCUT2D eigenvalue weighted by molar-refractivity contribution is 9.10. The van der Waals surface area contributed by atoms with Gasteiger partial charge >= 0.3 is 5.97 Å². The van der Waals surface area contributed by atoms with Crippen LogP contribution in [0.2, 0.25) is 0 Å². The molecule has 2 aromatic rings. The van der Waals surface area contributed by atoms with Crippen molar-refractivity contribution >= 4 is 31.9 Å². The molecular formula is C19H20BrNO5S. The van der Waals surface area contributed by atoms with E-state index in [-0.39, 0.29) is 22.7 Å². The van der Waals surface area contributed by atoms with Crippen molar-refractivity contribution in [2.24, 2.45) is 0 Å². The summed E-state index contributed by atoms with van der Waals surface area (Å²) < 4.78 is 38.8. The molecule has 1 saturated heterocycles. The summed E-state index contributed by atoms with van der Waals surface area (Å²) in [5.41, 5.74) is 0.278. The Morgan fingerprint density at radius 2 is 1.59 bits per heavy atom. The number of carbonyl (C=O) groups is 1. The van der Waals surface area contributed by atoms with E-state index in [9.17, 15) is 13.2 Å². The number of hydrogen-bond acceptors (Lipinski definition) is 5. The van der Waals surface area contributed by atoms with E-state index < -0.39 is 16.0 Å². The van der Waals surface area contributed by atoms with Crippen LogP contribution in [0, 0.1) is 0 Å². The number of sulfonamides is 1. The number of halogens is 1. The highest BCUT2D eigenvalue weighted by atomic mass is 79.9. The lowest BCUT2D eigenvalue weighted by Gasteiger charge is -2.34. The Balaban J connectivity index is 1.74. The summed E-state index contributed by atoms with van der Waals surface area (Å²) in [6.07, 6.45) is -0.327. The van der Waals surface area contributed by atoms with E-state index in [1.165, 1.54) is 28.6 Å². The summed E-state index contributed by atoms with van der Waals surface area (Å²) in [6, 6.07) is 12.6. The molecule has 0 spiro atoms. The molecule has 0 unspecified atom stereocenters. The molecule has 0 aliphatic carbocycles. The van der Waals surface area contributed by atoms with Crippen LogP contribution in [0.25, 0.3) is 0 Å². The summed E-state index contributed by atoms with van der Waals surface area (Å²) in [5, 5.41) is 0. The normalized spacial score (nSPS) is 21.0. The monoisotopic (exact) mass is 453 g/mol. The lowest BCUT2D eigenvalue weighted by Crippen LogP contribution is -2.48. The van der Waals surface area contributed by atoms with Crippen molar-refractivity contribution in [2.45, 2.75) is 31.0 Å². The topological polar surface area (TPSA) is 72.9 Å². The van der Waals surface area contributed by atoms with Crippen LogP contribution in [0.1, 0.15) is 24.2 Å². The Morgan fingerprint density at radius 3 is 2.15 bits per heavy atom. The van der Waals surface area contributed by atoms with E-state index in [4.69, 9.17) is 9.47 Å². The molecule has 144 valence electrons. The molecule has 0 bridgehead atoms. The minimum absolute atomic E-state index is 0.143. The highest BCUT2D eigenvalue weighted by Crippen LogP contribution is 2.22. The first-order valence-corrected chi connectivity index (χ1v) is 10.7. The largest absolute Gasteiger partial charge is 0.423 e. The summed E-state index contributed by atoms with van der Waals surface area (Å²) in [6.45, 7) is 4.30. The van der Waals surface area contributed by atoms with Crippen molar-refractivity contribution in [3.8, 4) is 5.75 Å². The molecule has 1 aliphatic heterocycles. The van der Waals surface area contributed by atoms with E-state index in [1.54, 1.807) is 24.3 Å². The van der Waals surface area contributed by atoms with Gasteiger partial charge in [0.2, 0.25) is 10.0 Å². The van der Waals surface area contributed by atoms with Crippen LogP contribution in [0.3, 0.4) is 0 Å². The predicted molar refractivity (Wildman–Crippen MR) is 104 cm³/mol. The van der Waals surface area contributed by atoms with E-state index in [0.717, 1.165) is 4.47 Å². The van der Waals surface area contributed by atoms with Crippen molar-refractivity contribution in [2.75, 3.05) is 13.1 Å². The first-order chi connectivity index (χ1) is 12.8. The third kappa shape index (κ3) is 4.76. The molecule has 0 amide bonds. The summed E-state index contributed by atoms with van der Waals surface area (Å²) in [5.74, 6) is -0.133. The highest BCUT2D eigenvalue weighted by Gasteiger charge is 2.32. The maximum Gasteiger partial charge on any atom is 0.343 e. The van der Waals surface area contributed by atoms with E-state index >= 15 is 0 Å². The number of hydrogen-bond donors (Lipinski definition) is 0. The van der Waals surface area contributed by atoms with Crippen LogP contribution in [-0.4, -0.2) is 44.0 Å². The predicted octanol–water partition coefficient (Wildman–Crippen LogP) is 3.47. The zero-order valence-corrected chi connectivity index (χ0v) is 17.4. The fourth-order valence-electron chi connectivity index (χ4n) is 2.91. The maximum atomic E-state index is 12.8. The molecule has 0 saturated carbocycles. The average Bonchev–Trinajstić information content (AvgIpc) is 2.63. The number of nitrogens with zero attached hydrogens (tertiary/aromatic N) is 1. The van der Waals surface area contributed by atoms with Gasteiger partial charge in [0.1, 0.15) is 5.75 Å². The Hall–Kier alpha value is -1.74. The van der Waals surface area contributed by atoms with Crippen molar-refractivity contribution in [1.29, 1.82) is 0 Å².